The summed E-state index contributed by atoms with van der Waals surface area (Å²) >= 11 is 0. The molecule has 1 amide bonds. The largest absolute Gasteiger partial charge is 0.573 e. The second-order valence-electron chi connectivity index (χ2n) is 12.2. The Labute approximate surface area is 304 Å². The van der Waals surface area contributed by atoms with Gasteiger partial charge >= 0.3 is 18.7 Å². The Kier molecular flexibility index (Phi) is 17.4. The Morgan fingerprint density at radius 3 is 1.52 bits per heavy atom. The molecule has 2 aliphatic carbocycles. The van der Waals surface area contributed by atoms with Gasteiger partial charge in [0.2, 0.25) is 5.91 Å². The van der Waals surface area contributed by atoms with E-state index in [1.165, 1.54) is 37.3 Å². The number of benzene rings is 2. The maximum atomic E-state index is 12.8. The quantitative estimate of drug-likeness (QED) is 0.111. The number of hydrogen-bond donors (Lipinski definition) is 2. The van der Waals surface area contributed by atoms with E-state index in [0.717, 1.165) is 12.1 Å². The van der Waals surface area contributed by atoms with Crippen molar-refractivity contribution in [3.05, 3.63) is 59.7 Å². The zero-order valence-corrected chi connectivity index (χ0v) is 28.6. The molecule has 0 unspecified atom stereocenters. The van der Waals surface area contributed by atoms with Gasteiger partial charge < -0.3 is 25.3 Å². The predicted octanol–water partition coefficient (Wildman–Crippen LogP) is 8.56. The van der Waals surface area contributed by atoms with Crippen LogP contribution in [0.4, 0.5) is 43.9 Å². The second-order valence-corrected chi connectivity index (χ2v) is 12.2. The monoisotopic (exact) mass is 792 g/mol. The van der Waals surface area contributed by atoms with E-state index in [2.05, 4.69) is 19.5 Å². The summed E-state index contributed by atoms with van der Waals surface area (Å²) in [5.41, 5.74) is 3.19. The van der Waals surface area contributed by atoms with Gasteiger partial charge in [-0.3, -0.25) is 19.2 Å². The van der Waals surface area contributed by atoms with Crippen LogP contribution in [0.1, 0.15) is 89.9 Å². The molecular formula is C35H42F10N2O7. The Morgan fingerprint density at radius 1 is 0.741 bits per heavy atom. The number of esters is 1. The molecule has 2 aliphatic rings. The minimum Gasteiger partial charge on any atom is -0.466 e. The molecule has 0 saturated heterocycles. The fourth-order valence-electron chi connectivity index (χ4n) is 4.70. The number of nitrogens with one attached hydrogen (secondary N) is 1. The summed E-state index contributed by atoms with van der Waals surface area (Å²) in [5.74, 6) is -3.67. The van der Waals surface area contributed by atoms with E-state index in [0.29, 0.717) is 11.1 Å². The number of carbonyl (C=O) groups is 4. The highest BCUT2D eigenvalue weighted by Gasteiger charge is 2.58. The first-order chi connectivity index (χ1) is 24.4. The smallest absolute Gasteiger partial charge is 0.466 e. The van der Waals surface area contributed by atoms with Crippen molar-refractivity contribution in [2.45, 2.75) is 104 Å². The molecule has 0 aromatic heterocycles. The SMILES string of the molecule is C.CCOC(=O)CC(=O)C1(C(F)F)CC1.C[C@H](N)c1cccc(OC(F)(F)F)c1.C[C@H](NC(=O)CC(=O)C1(C(F)F)CC1)c1cccc(OC(F)(F)F)c1. The summed E-state index contributed by atoms with van der Waals surface area (Å²) in [5, 5.41) is 2.41. The number of carbonyl (C=O) groups excluding carboxylic acids is 4. The molecule has 54 heavy (non-hydrogen) atoms. The van der Waals surface area contributed by atoms with Crippen molar-refractivity contribution in [3.63, 3.8) is 0 Å². The summed E-state index contributed by atoms with van der Waals surface area (Å²) < 4.78 is 135. The highest BCUT2D eigenvalue weighted by atomic mass is 19.4. The number of Topliss-reactive ketones (excluding diaryl/α,β-unsaturated/α-hetero) is 2. The van der Waals surface area contributed by atoms with Crippen LogP contribution in [0, 0.1) is 10.8 Å². The molecular weight excluding hydrogens is 750 g/mol. The fourth-order valence-corrected chi connectivity index (χ4v) is 4.70. The van der Waals surface area contributed by atoms with E-state index < -0.39 is 84.5 Å². The summed E-state index contributed by atoms with van der Waals surface area (Å²) in [6.07, 6.45) is -15.7. The third-order valence-corrected chi connectivity index (χ3v) is 8.04. The Bertz CT molecular complexity index is 1560. The fraction of sp³-hybridized carbons (Fsp3) is 0.543. The van der Waals surface area contributed by atoms with Crippen molar-refractivity contribution in [1.82, 2.24) is 5.32 Å². The highest BCUT2D eigenvalue weighted by Crippen LogP contribution is 2.53. The van der Waals surface area contributed by atoms with Crippen LogP contribution in [0.15, 0.2) is 48.5 Å². The van der Waals surface area contributed by atoms with Crippen molar-refractivity contribution in [3.8, 4) is 11.5 Å². The molecule has 0 aliphatic heterocycles. The number of nitrogens with two attached hydrogens (primary N) is 1. The number of rotatable bonds is 14. The maximum absolute atomic E-state index is 12.8. The minimum absolute atomic E-state index is 0. The average Bonchev–Trinajstić information content (AvgIpc) is 3.94. The first-order valence-corrected chi connectivity index (χ1v) is 16.0. The second kappa shape index (κ2) is 19.8. The van der Waals surface area contributed by atoms with Gasteiger partial charge in [0.15, 0.2) is 11.6 Å². The van der Waals surface area contributed by atoms with Crippen LogP contribution in [0.3, 0.4) is 0 Å². The summed E-state index contributed by atoms with van der Waals surface area (Å²) in [7, 11) is 0. The molecule has 2 aromatic carbocycles. The number of hydrogen-bond acceptors (Lipinski definition) is 8. The van der Waals surface area contributed by atoms with E-state index in [1.807, 2.05) is 0 Å². The van der Waals surface area contributed by atoms with E-state index in [4.69, 9.17) is 5.73 Å². The molecule has 304 valence electrons. The third kappa shape index (κ3) is 15.1. The van der Waals surface area contributed by atoms with Gasteiger partial charge in [0.05, 0.1) is 29.9 Å². The number of ketones is 2. The zero-order chi connectivity index (χ0) is 40.4. The molecule has 3 N–H and O–H groups in total. The number of amides is 1. The van der Waals surface area contributed by atoms with E-state index in [9.17, 15) is 63.1 Å². The molecule has 0 bridgehead atoms. The first kappa shape index (κ1) is 47.6. The molecule has 9 nitrogen and oxygen atoms in total. The van der Waals surface area contributed by atoms with Crippen LogP contribution >= 0.6 is 0 Å². The molecule has 0 radical (unpaired) electrons. The lowest BCUT2D eigenvalue weighted by molar-refractivity contribution is -0.275. The normalized spacial score (nSPS) is 16.1. The Hall–Kier alpha value is -4.42. The van der Waals surface area contributed by atoms with Crippen LogP contribution < -0.4 is 20.5 Å². The lowest BCUT2D eigenvalue weighted by Gasteiger charge is -2.17. The zero-order valence-electron chi connectivity index (χ0n) is 28.6. The molecule has 2 fully saturated rings. The molecule has 0 spiro atoms. The van der Waals surface area contributed by atoms with Gasteiger partial charge in [0.1, 0.15) is 17.9 Å². The summed E-state index contributed by atoms with van der Waals surface area (Å²) in [6.45, 7) is 4.94. The van der Waals surface area contributed by atoms with Gasteiger partial charge in [-0.1, -0.05) is 31.7 Å². The van der Waals surface area contributed by atoms with Gasteiger partial charge in [0, 0.05) is 6.04 Å². The van der Waals surface area contributed by atoms with Crippen LogP contribution in [-0.4, -0.2) is 55.6 Å². The summed E-state index contributed by atoms with van der Waals surface area (Å²) in [6, 6.07) is 9.59. The van der Waals surface area contributed by atoms with Crippen molar-refractivity contribution in [2.24, 2.45) is 16.6 Å². The maximum Gasteiger partial charge on any atom is 0.573 e. The first-order valence-electron chi connectivity index (χ1n) is 16.0. The molecule has 0 heterocycles. The van der Waals surface area contributed by atoms with Gasteiger partial charge in [-0.2, -0.15) is 0 Å². The van der Waals surface area contributed by atoms with Crippen LogP contribution in [0.25, 0.3) is 0 Å². The van der Waals surface area contributed by atoms with Gasteiger partial charge in [0.25, 0.3) is 12.9 Å². The van der Waals surface area contributed by atoms with E-state index in [-0.39, 0.29) is 51.5 Å². The minimum atomic E-state index is -4.84. The van der Waals surface area contributed by atoms with Gasteiger partial charge in [-0.15, -0.1) is 26.3 Å². The Morgan fingerprint density at radius 2 is 1.15 bits per heavy atom. The molecule has 2 saturated carbocycles. The van der Waals surface area contributed by atoms with Crippen LogP contribution in [0.2, 0.25) is 0 Å². The Balaban J connectivity index is 0.000000431. The van der Waals surface area contributed by atoms with Crippen LogP contribution in [-0.2, 0) is 23.9 Å². The van der Waals surface area contributed by atoms with E-state index in [1.54, 1.807) is 19.9 Å². The van der Waals surface area contributed by atoms with Crippen molar-refractivity contribution < 1.29 is 77.3 Å². The number of alkyl halides is 10. The lowest BCUT2D eigenvalue weighted by atomic mass is 9.98. The van der Waals surface area contributed by atoms with Gasteiger partial charge in [-0.05, 0) is 81.8 Å². The van der Waals surface area contributed by atoms with Crippen molar-refractivity contribution in [2.75, 3.05) is 6.61 Å². The van der Waals surface area contributed by atoms with E-state index >= 15 is 0 Å². The summed E-state index contributed by atoms with van der Waals surface area (Å²) in [4.78, 5) is 45.8. The number of ether oxygens (including phenoxy) is 3. The molecule has 19 heteroatoms. The van der Waals surface area contributed by atoms with Gasteiger partial charge in [-0.25, -0.2) is 17.6 Å². The molecule has 2 atom stereocenters. The molecule has 2 aromatic rings. The average molecular weight is 793 g/mol. The lowest BCUT2D eigenvalue weighted by Crippen LogP contribution is -2.33. The van der Waals surface area contributed by atoms with Crippen molar-refractivity contribution in [1.29, 1.82) is 0 Å². The number of halogens is 10. The van der Waals surface area contributed by atoms with Crippen molar-refractivity contribution >= 4 is 23.4 Å². The topological polar surface area (TPSA) is 134 Å². The predicted molar refractivity (Wildman–Crippen MR) is 173 cm³/mol. The standard InChI is InChI=1S/C16H16F5NO3.C9H10F3NO.C9H12F2O3.CH4/c1-9(10-3-2-4-11(7-10)25-16(19,20)21)22-13(24)8-12(23)15(5-6-15)14(17)18;1-6(13)7-3-2-4-8(5-7)14-9(10,11)12;1-2-14-7(13)5-6(12)9(3-4-9)8(10)11;/h2-4,7,9,14H,5-6,8H2,1H3,(H,22,24);2-6H,13H2,1H3;8H,2-5H2,1H3;1H4/t9-;6-;;/m00../s1. The highest BCUT2D eigenvalue weighted by molar-refractivity contribution is 6.02. The van der Waals surface area contributed by atoms with Crippen LogP contribution in [0.5, 0.6) is 11.5 Å². The molecule has 4 rings (SSSR count). The third-order valence-electron chi connectivity index (χ3n) is 8.04.